The van der Waals surface area contributed by atoms with Crippen LogP contribution in [0.25, 0.3) is 0 Å². The minimum absolute atomic E-state index is 0.256. The fourth-order valence-corrected chi connectivity index (χ4v) is 2.88. The number of nitrogens with one attached hydrogen (secondary N) is 2. The van der Waals surface area contributed by atoms with Crippen LogP contribution < -0.4 is 10.8 Å². The number of nitrogens with zero attached hydrogens (tertiary/aromatic N) is 4. The number of rotatable bonds is 7. The topological polar surface area (TPSA) is 95.8 Å². The van der Waals surface area contributed by atoms with Crippen molar-refractivity contribution in [1.82, 2.24) is 15.0 Å². The molecule has 3 rings (SSSR count). The predicted octanol–water partition coefficient (Wildman–Crippen LogP) is 4.75. The van der Waals surface area contributed by atoms with E-state index in [1.807, 2.05) is 6.92 Å². The Morgan fingerprint density at radius 2 is 1.68 bits per heavy atom. The minimum Gasteiger partial charge on any atom is -0.324 e. The van der Waals surface area contributed by atoms with Crippen molar-refractivity contribution < 1.29 is 4.84 Å². The van der Waals surface area contributed by atoms with Gasteiger partial charge in [-0.3, -0.25) is 4.84 Å². The Bertz CT molecular complexity index is 984. The molecule has 0 aliphatic rings. The summed E-state index contributed by atoms with van der Waals surface area (Å²) in [6.07, 6.45) is 0.323. The van der Waals surface area contributed by atoms with Crippen molar-refractivity contribution >= 4 is 40.8 Å². The zero-order valence-corrected chi connectivity index (χ0v) is 16.4. The van der Waals surface area contributed by atoms with Gasteiger partial charge in [-0.25, -0.2) is 5.48 Å². The molecule has 0 amide bonds. The van der Waals surface area contributed by atoms with Crippen molar-refractivity contribution in [2.45, 2.75) is 13.3 Å². The maximum Gasteiger partial charge on any atom is 0.252 e. The Morgan fingerprint density at radius 3 is 2.32 bits per heavy atom. The van der Waals surface area contributed by atoms with Gasteiger partial charge in [0.15, 0.2) is 0 Å². The largest absolute Gasteiger partial charge is 0.324 e. The third-order valence-corrected chi connectivity index (χ3v) is 4.36. The van der Waals surface area contributed by atoms with E-state index < -0.39 is 0 Å². The van der Waals surface area contributed by atoms with Crippen LogP contribution >= 0.6 is 23.2 Å². The molecular weight excluding hydrogens is 399 g/mol. The average molecular weight is 415 g/mol. The molecule has 0 saturated carbocycles. The van der Waals surface area contributed by atoms with Gasteiger partial charge >= 0.3 is 0 Å². The van der Waals surface area contributed by atoms with Crippen LogP contribution in [0.15, 0.2) is 42.5 Å². The van der Waals surface area contributed by atoms with Crippen LogP contribution in [0, 0.1) is 11.3 Å². The number of aromatic nitrogens is 3. The van der Waals surface area contributed by atoms with Gasteiger partial charge in [-0.2, -0.15) is 20.2 Å². The summed E-state index contributed by atoms with van der Waals surface area (Å²) in [5, 5.41) is 13.1. The van der Waals surface area contributed by atoms with Crippen LogP contribution in [-0.4, -0.2) is 21.6 Å². The van der Waals surface area contributed by atoms with Gasteiger partial charge in [0.05, 0.1) is 18.2 Å². The zero-order valence-electron chi connectivity index (χ0n) is 14.9. The molecule has 2 N–H and O–H groups in total. The fourth-order valence-electron chi connectivity index (χ4n) is 2.35. The van der Waals surface area contributed by atoms with E-state index in [0.717, 1.165) is 11.3 Å². The van der Waals surface area contributed by atoms with E-state index in [0.29, 0.717) is 40.4 Å². The predicted molar refractivity (Wildman–Crippen MR) is 109 cm³/mol. The van der Waals surface area contributed by atoms with Crippen LogP contribution in [-0.2, 0) is 11.3 Å². The molecule has 0 aliphatic carbocycles. The molecule has 0 fully saturated rings. The van der Waals surface area contributed by atoms with Crippen molar-refractivity contribution in [3.8, 4) is 6.07 Å². The van der Waals surface area contributed by atoms with E-state index in [4.69, 9.17) is 33.3 Å². The van der Waals surface area contributed by atoms with E-state index in [1.54, 1.807) is 42.5 Å². The first-order chi connectivity index (χ1) is 13.6. The van der Waals surface area contributed by atoms with Gasteiger partial charge in [-0.15, -0.1) is 0 Å². The molecule has 1 aromatic heterocycles. The van der Waals surface area contributed by atoms with Gasteiger partial charge in [0.25, 0.3) is 5.95 Å². The first-order valence-corrected chi connectivity index (χ1v) is 9.17. The summed E-state index contributed by atoms with van der Waals surface area (Å²) in [6, 6.07) is 14.3. The van der Waals surface area contributed by atoms with Crippen LogP contribution in [0.5, 0.6) is 0 Å². The van der Waals surface area contributed by atoms with Crippen LogP contribution in [0.3, 0.4) is 0 Å². The van der Waals surface area contributed by atoms with E-state index in [9.17, 15) is 0 Å². The highest BCUT2D eigenvalue weighted by atomic mass is 35.5. The van der Waals surface area contributed by atoms with Gasteiger partial charge in [0.1, 0.15) is 5.82 Å². The molecule has 1 heterocycles. The van der Waals surface area contributed by atoms with Crippen molar-refractivity contribution in [2.75, 3.05) is 17.4 Å². The lowest BCUT2D eigenvalue weighted by Gasteiger charge is -2.11. The first-order valence-electron chi connectivity index (χ1n) is 8.42. The van der Waals surface area contributed by atoms with Crippen molar-refractivity contribution in [3.05, 3.63) is 69.5 Å². The Kier molecular flexibility index (Phi) is 6.61. The summed E-state index contributed by atoms with van der Waals surface area (Å²) in [5.74, 6) is 1.04. The molecule has 142 valence electrons. The first kappa shape index (κ1) is 19.8. The van der Waals surface area contributed by atoms with Crippen molar-refractivity contribution in [3.63, 3.8) is 0 Å². The molecule has 0 spiro atoms. The summed E-state index contributed by atoms with van der Waals surface area (Å²) in [4.78, 5) is 18.3. The molecular formula is C19H16Cl2N6O. The summed E-state index contributed by atoms with van der Waals surface area (Å²) < 4.78 is 0. The quantitative estimate of drug-likeness (QED) is 0.538. The molecule has 28 heavy (non-hydrogen) atoms. The van der Waals surface area contributed by atoms with Gasteiger partial charge in [-0.05, 0) is 48.9 Å². The Morgan fingerprint density at radius 1 is 1.00 bits per heavy atom. The molecule has 0 radical (unpaired) electrons. The van der Waals surface area contributed by atoms with Crippen LogP contribution in [0.1, 0.15) is 23.9 Å². The zero-order chi connectivity index (χ0) is 19.9. The Balaban J connectivity index is 1.90. The Labute approximate surface area is 172 Å². The van der Waals surface area contributed by atoms with E-state index in [2.05, 4.69) is 31.8 Å². The maximum absolute atomic E-state index is 8.91. The smallest absolute Gasteiger partial charge is 0.252 e. The molecule has 0 unspecified atom stereocenters. The van der Waals surface area contributed by atoms with Crippen LogP contribution in [0.2, 0.25) is 10.0 Å². The normalized spacial score (nSPS) is 10.4. The highest BCUT2D eigenvalue weighted by molar-refractivity contribution is 6.36. The van der Waals surface area contributed by atoms with Crippen LogP contribution in [0.4, 0.5) is 17.6 Å². The molecule has 0 aliphatic heterocycles. The number of benzene rings is 2. The molecule has 0 bridgehead atoms. The minimum atomic E-state index is 0.256. The standard InChI is InChI=1S/C19H16Cl2N6O/c1-2-28-27-19-25-17(10-14-15(20)4-3-5-16(14)21)24-18(26-19)23-13-8-6-12(11-22)7-9-13/h3-9H,2,10H2,1H3,(H2,23,24,25,26,27). The van der Waals surface area contributed by atoms with Crippen molar-refractivity contribution in [1.29, 1.82) is 5.26 Å². The summed E-state index contributed by atoms with van der Waals surface area (Å²) in [7, 11) is 0. The maximum atomic E-state index is 8.91. The highest BCUT2D eigenvalue weighted by Crippen LogP contribution is 2.26. The number of hydrogen-bond acceptors (Lipinski definition) is 7. The lowest BCUT2D eigenvalue weighted by atomic mass is 10.1. The molecule has 3 aromatic rings. The summed E-state index contributed by atoms with van der Waals surface area (Å²) >= 11 is 12.5. The van der Waals surface area contributed by atoms with Gasteiger partial charge in [0.2, 0.25) is 5.95 Å². The monoisotopic (exact) mass is 414 g/mol. The second-order valence-corrected chi connectivity index (χ2v) is 6.44. The van der Waals surface area contributed by atoms with Gasteiger partial charge < -0.3 is 5.32 Å². The number of anilines is 3. The van der Waals surface area contributed by atoms with E-state index in [-0.39, 0.29) is 5.95 Å². The molecule has 7 nitrogen and oxygen atoms in total. The molecule has 9 heteroatoms. The fraction of sp³-hybridized carbons (Fsp3) is 0.158. The SMILES string of the molecule is CCONc1nc(Cc2c(Cl)cccc2Cl)nc(Nc2ccc(C#N)cc2)n1. The second-order valence-electron chi connectivity index (χ2n) is 5.63. The molecule has 0 atom stereocenters. The van der Waals surface area contributed by atoms with Gasteiger partial charge in [-0.1, -0.05) is 29.3 Å². The summed E-state index contributed by atoms with van der Waals surface area (Å²) in [6.45, 7) is 2.28. The third kappa shape index (κ3) is 5.08. The van der Waals surface area contributed by atoms with E-state index >= 15 is 0 Å². The number of halogens is 2. The lowest BCUT2D eigenvalue weighted by molar-refractivity contribution is 0.207. The number of nitriles is 1. The van der Waals surface area contributed by atoms with Gasteiger partial charge in [0, 0.05) is 22.2 Å². The third-order valence-electron chi connectivity index (χ3n) is 3.66. The van der Waals surface area contributed by atoms with Crippen molar-refractivity contribution in [2.24, 2.45) is 0 Å². The number of hydrogen-bond donors (Lipinski definition) is 2. The highest BCUT2D eigenvalue weighted by Gasteiger charge is 2.12. The lowest BCUT2D eigenvalue weighted by Crippen LogP contribution is -2.11. The molecule has 0 saturated heterocycles. The second kappa shape index (κ2) is 9.33. The van der Waals surface area contributed by atoms with E-state index in [1.165, 1.54) is 0 Å². The summed E-state index contributed by atoms with van der Waals surface area (Å²) in [5.41, 5.74) is 4.70. The average Bonchev–Trinajstić information content (AvgIpc) is 2.70. The molecule has 2 aromatic carbocycles. The Hall–Kier alpha value is -2.92.